The Morgan fingerprint density at radius 1 is 1.67 bits per heavy atom. The first kappa shape index (κ1) is 11.9. The molecule has 0 aromatic carbocycles. The summed E-state index contributed by atoms with van der Waals surface area (Å²) < 4.78 is 4.58. The van der Waals surface area contributed by atoms with Crippen molar-refractivity contribution in [2.45, 2.75) is 0 Å². The molecular formula is C5H4Cl2N2O2W. The van der Waals surface area contributed by atoms with E-state index < -0.39 is 5.97 Å². The van der Waals surface area contributed by atoms with Crippen LogP contribution in [-0.2, 0) is 28.9 Å². The van der Waals surface area contributed by atoms with Gasteiger partial charge in [-0.25, -0.2) is 0 Å². The molecule has 0 atom stereocenters. The van der Waals surface area contributed by atoms with Crippen molar-refractivity contribution in [3.63, 3.8) is 0 Å². The SMILES string of the molecule is COC(=O)[C](=[W])N=C(Cl)N=CCl. The van der Waals surface area contributed by atoms with Gasteiger partial charge in [0.2, 0.25) is 0 Å². The number of rotatable bonds is 2. The second-order valence-corrected chi connectivity index (χ2v) is 3.33. The number of amidine groups is 1. The van der Waals surface area contributed by atoms with Crippen molar-refractivity contribution in [1.29, 1.82) is 0 Å². The zero-order valence-corrected chi connectivity index (χ0v) is 10.4. The average molecular weight is 379 g/mol. The molecule has 0 amide bonds. The number of hydrogen-bond acceptors (Lipinski definition) is 3. The molecule has 0 aliphatic heterocycles. The predicted octanol–water partition coefficient (Wildman–Crippen LogP) is 0.698. The Balaban J connectivity index is 4.33. The summed E-state index contributed by atoms with van der Waals surface area (Å²) in [5.74, 6) is -0.520. The molecule has 0 fully saturated rings. The van der Waals surface area contributed by atoms with Gasteiger partial charge in [0.25, 0.3) is 0 Å². The Labute approximate surface area is 90.0 Å². The Morgan fingerprint density at radius 3 is 2.67 bits per heavy atom. The molecule has 0 saturated heterocycles. The molecule has 0 aromatic heterocycles. The third kappa shape index (κ3) is 4.75. The van der Waals surface area contributed by atoms with E-state index in [0.29, 0.717) is 0 Å². The van der Waals surface area contributed by atoms with Crippen LogP contribution in [0.1, 0.15) is 0 Å². The van der Waals surface area contributed by atoms with Crippen molar-refractivity contribution < 1.29 is 28.9 Å². The number of nitrogens with zero attached hydrogens (tertiary/aromatic N) is 2. The zero-order valence-electron chi connectivity index (χ0n) is 5.95. The minimum absolute atomic E-state index is 0.0969. The molecule has 0 unspecified atom stereocenters. The third-order valence-corrected chi connectivity index (χ3v) is 1.92. The number of methoxy groups -OCH3 is 1. The monoisotopic (exact) mass is 378 g/mol. The molecule has 0 aliphatic carbocycles. The Morgan fingerprint density at radius 2 is 2.25 bits per heavy atom. The predicted molar refractivity (Wildman–Crippen MR) is 44.7 cm³/mol. The van der Waals surface area contributed by atoms with Gasteiger partial charge in [0.05, 0.1) is 0 Å². The summed E-state index contributed by atoms with van der Waals surface area (Å²) in [6.45, 7) is 0. The van der Waals surface area contributed by atoms with E-state index in [-0.39, 0.29) is 9.32 Å². The summed E-state index contributed by atoms with van der Waals surface area (Å²) in [5, 5.41) is -0.0969. The van der Waals surface area contributed by atoms with Crippen LogP contribution in [0.15, 0.2) is 9.98 Å². The first-order valence-corrected chi connectivity index (χ1v) is 4.89. The summed E-state index contributed by atoms with van der Waals surface area (Å²) >= 11 is 11.4. The maximum atomic E-state index is 10.8. The van der Waals surface area contributed by atoms with Gasteiger partial charge >= 0.3 is 90.1 Å². The van der Waals surface area contributed by atoms with Gasteiger partial charge in [0, 0.05) is 0 Å². The summed E-state index contributed by atoms with van der Waals surface area (Å²) in [4.78, 5) is 17.8. The number of carbonyl (C=O) groups is 1. The third-order valence-electron chi connectivity index (χ3n) is 0.709. The molecule has 4 nitrogen and oxygen atoms in total. The molecule has 0 heterocycles. The fourth-order valence-electron chi connectivity index (χ4n) is 0.286. The van der Waals surface area contributed by atoms with Gasteiger partial charge in [-0.3, -0.25) is 0 Å². The van der Waals surface area contributed by atoms with E-state index in [2.05, 4.69) is 14.7 Å². The van der Waals surface area contributed by atoms with Gasteiger partial charge in [-0.15, -0.1) is 0 Å². The van der Waals surface area contributed by atoms with E-state index in [0.717, 1.165) is 25.0 Å². The molecule has 0 spiro atoms. The minimum atomic E-state index is -0.520. The van der Waals surface area contributed by atoms with Crippen LogP contribution in [0.4, 0.5) is 0 Å². The Bertz CT molecular complexity index is 252. The van der Waals surface area contributed by atoms with Crippen molar-refractivity contribution >= 4 is 44.2 Å². The molecule has 0 bridgehead atoms. The molecule has 0 rings (SSSR count). The first-order valence-electron chi connectivity index (χ1n) is 2.61. The average Bonchev–Trinajstić information content (AvgIpc) is 2.03. The van der Waals surface area contributed by atoms with Gasteiger partial charge < -0.3 is 0 Å². The molecular weight excluding hydrogens is 375 g/mol. The van der Waals surface area contributed by atoms with Crippen LogP contribution in [0.25, 0.3) is 0 Å². The fourth-order valence-corrected chi connectivity index (χ4v) is 1.37. The summed E-state index contributed by atoms with van der Waals surface area (Å²) in [5.41, 5.74) is 0.964. The summed E-state index contributed by atoms with van der Waals surface area (Å²) in [6, 6.07) is 0. The normalized spacial score (nSPS) is 11.8. The summed E-state index contributed by atoms with van der Waals surface area (Å²) in [6.07, 6.45) is 0. The van der Waals surface area contributed by atoms with Crippen molar-refractivity contribution in [2.24, 2.45) is 9.98 Å². The second kappa shape index (κ2) is 6.46. The molecule has 0 radical (unpaired) electrons. The van der Waals surface area contributed by atoms with E-state index in [1.54, 1.807) is 0 Å². The number of aliphatic imine (C=N–C) groups is 2. The number of halogens is 2. The second-order valence-electron chi connectivity index (χ2n) is 1.40. The molecule has 0 aromatic rings. The number of carbonyl (C=O) groups excluding carboxylic acids is 1. The van der Waals surface area contributed by atoms with Gasteiger partial charge in [0.1, 0.15) is 0 Å². The van der Waals surface area contributed by atoms with Gasteiger partial charge in [-0.1, -0.05) is 0 Å². The van der Waals surface area contributed by atoms with Gasteiger partial charge in [0.15, 0.2) is 0 Å². The standard InChI is InChI=1S/C5H4Cl2N2O2.W/c1-11-4(10)2-8-5(7)9-3-6;/h3H,1H3;. The van der Waals surface area contributed by atoms with Crippen LogP contribution in [0.2, 0.25) is 0 Å². The van der Waals surface area contributed by atoms with Gasteiger partial charge in [-0.05, 0) is 0 Å². The Hall–Kier alpha value is -0.0517. The maximum absolute atomic E-state index is 10.8. The van der Waals surface area contributed by atoms with Crippen LogP contribution in [0.3, 0.4) is 0 Å². The molecule has 12 heavy (non-hydrogen) atoms. The number of esters is 1. The number of ether oxygens (including phenoxy) is 1. The quantitative estimate of drug-likeness (QED) is 0.307. The van der Waals surface area contributed by atoms with Crippen LogP contribution < -0.4 is 0 Å². The van der Waals surface area contributed by atoms with E-state index in [9.17, 15) is 4.79 Å². The topological polar surface area (TPSA) is 51.0 Å². The molecule has 66 valence electrons. The van der Waals surface area contributed by atoms with E-state index in [4.69, 9.17) is 23.2 Å². The number of hydrogen-bond donors (Lipinski definition) is 0. The van der Waals surface area contributed by atoms with Crippen LogP contribution in [-0.4, -0.2) is 28.1 Å². The van der Waals surface area contributed by atoms with E-state index in [1.807, 2.05) is 0 Å². The van der Waals surface area contributed by atoms with E-state index in [1.165, 1.54) is 7.11 Å². The van der Waals surface area contributed by atoms with E-state index >= 15 is 0 Å². The zero-order chi connectivity index (χ0) is 9.56. The van der Waals surface area contributed by atoms with Crippen LogP contribution >= 0.6 is 23.2 Å². The van der Waals surface area contributed by atoms with Crippen molar-refractivity contribution in [3.05, 3.63) is 0 Å². The van der Waals surface area contributed by atoms with Crippen molar-refractivity contribution in [2.75, 3.05) is 7.11 Å². The summed E-state index contributed by atoms with van der Waals surface area (Å²) in [7, 11) is 1.26. The first-order chi connectivity index (χ1) is 5.61. The fraction of sp³-hybridized carbons (Fsp3) is 0.200. The van der Waals surface area contributed by atoms with Crippen molar-refractivity contribution in [3.8, 4) is 0 Å². The molecule has 0 N–H and O–H groups in total. The van der Waals surface area contributed by atoms with Crippen LogP contribution in [0.5, 0.6) is 0 Å². The molecule has 0 saturated carbocycles. The van der Waals surface area contributed by atoms with Gasteiger partial charge in [-0.2, -0.15) is 0 Å². The van der Waals surface area contributed by atoms with Crippen molar-refractivity contribution in [1.82, 2.24) is 0 Å². The molecule has 0 aliphatic rings. The van der Waals surface area contributed by atoms with Crippen LogP contribution in [0, 0.1) is 0 Å². The Kier molecular flexibility index (Phi) is 6.43. The molecule has 7 heteroatoms.